The van der Waals surface area contributed by atoms with E-state index in [0.29, 0.717) is 11.3 Å². The van der Waals surface area contributed by atoms with Gasteiger partial charge in [0.05, 0.1) is 17.5 Å². The summed E-state index contributed by atoms with van der Waals surface area (Å²) in [5.41, 5.74) is 6.21. The van der Waals surface area contributed by atoms with E-state index < -0.39 is 0 Å². The molecule has 0 aliphatic carbocycles. The standard InChI is InChI=1S/C9H8N4O2/c10-9-11-3-6(4-12-9)8(14)13-7-1-2-15-5-7/h1-5H,(H,13,14)(H2,10,11,12). The number of nitrogens with two attached hydrogens (primary N) is 1. The molecule has 0 bridgehead atoms. The molecule has 2 rings (SSSR count). The first kappa shape index (κ1) is 9.20. The lowest BCUT2D eigenvalue weighted by molar-refractivity contribution is 0.102. The summed E-state index contributed by atoms with van der Waals surface area (Å²) in [6, 6.07) is 1.63. The second kappa shape index (κ2) is 3.79. The Morgan fingerprint density at radius 3 is 2.73 bits per heavy atom. The maximum atomic E-state index is 11.5. The van der Waals surface area contributed by atoms with Gasteiger partial charge in [0.25, 0.3) is 5.91 Å². The molecule has 0 saturated carbocycles. The van der Waals surface area contributed by atoms with E-state index in [4.69, 9.17) is 10.2 Å². The van der Waals surface area contributed by atoms with Gasteiger partial charge in [-0.05, 0) is 6.07 Å². The number of amides is 1. The summed E-state index contributed by atoms with van der Waals surface area (Å²) < 4.78 is 4.80. The fourth-order valence-corrected chi connectivity index (χ4v) is 0.994. The fourth-order valence-electron chi connectivity index (χ4n) is 0.994. The minimum Gasteiger partial charge on any atom is -0.470 e. The average molecular weight is 204 g/mol. The monoisotopic (exact) mass is 204 g/mol. The molecule has 0 aliphatic heterocycles. The van der Waals surface area contributed by atoms with Crippen LogP contribution in [0.4, 0.5) is 11.6 Å². The Hall–Kier alpha value is -2.37. The van der Waals surface area contributed by atoms with Gasteiger partial charge in [-0.25, -0.2) is 9.97 Å². The Morgan fingerprint density at radius 1 is 1.40 bits per heavy atom. The molecule has 1 amide bonds. The predicted molar refractivity (Wildman–Crippen MR) is 53.1 cm³/mol. The molecule has 0 aliphatic rings. The highest BCUT2D eigenvalue weighted by molar-refractivity contribution is 6.03. The summed E-state index contributed by atoms with van der Waals surface area (Å²) in [4.78, 5) is 19.0. The van der Waals surface area contributed by atoms with Crippen LogP contribution in [0.3, 0.4) is 0 Å². The van der Waals surface area contributed by atoms with Gasteiger partial charge in [0.2, 0.25) is 5.95 Å². The number of furan rings is 1. The van der Waals surface area contributed by atoms with Crippen LogP contribution in [-0.4, -0.2) is 15.9 Å². The Morgan fingerprint density at radius 2 is 2.13 bits per heavy atom. The molecule has 76 valence electrons. The van der Waals surface area contributed by atoms with Crippen molar-refractivity contribution in [3.8, 4) is 0 Å². The van der Waals surface area contributed by atoms with Crippen molar-refractivity contribution in [1.29, 1.82) is 0 Å². The number of nitrogens with zero attached hydrogens (tertiary/aromatic N) is 2. The van der Waals surface area contributed by atoms with E-state index in [2.05, 4.69) is 15.3 Å². The molecule has 0 spiro atoms. The van der Waals surface area contributed by atoms with Crippen molar-refractivity contribution in [3.63, 3.8) is 0 Å². The second-order valence-electron chi connectivity index (χ2n) is 2.80. The van der Waals surface area contributed by atoms with Crippen molar-refractivity contribution in [3.05, 3.63) is 36.5 Å². The van der Waals surface area contributed by atoms with Gasteiger partial charge >= 0.3 is 0 Å². The molecule has 0 saturated heterocycles. The van der Waals surface area contributed by atoms with Crippen LogP contribution in [0.5, 0.6) is 0 Å². The molecular formula is C9H8N4O2. The number of hydrogen-bond donors (Lipinski definition) is 2. The fraction of sp³-hybridized carbons (Fsp3) is 0. The molecule has 2 aromatic heterocycles. The highest BCUT2D eigenvalue weighted by atomic mass is 16.3. The summed E-state index contributed by atoms with van der Waals surface area (Å²) in [6.07, 6.45) is 5.61. The number of nitrogen functional groups attached to an aromatic ring is 1. The number of nitrogens with one attached hydrogen (secondary N) is 1. The molecule has 2 heterocycles. The van der Waals surface area contributed by atoms with Gasteiger partial charge in [-0.1, -0.05) is 0 Å². The number of hydrogen-bond acceptors (Lipinski definition) is 5. The predicted octanol–water partition coefficient (Wildman–Crippen LogP) is 0.904. The smallest absolute Gasteiger partial charge is 0.258 e. The van der Waals surface area contributed by atoms with Crippen LogP contribution in [0.2, 0.25) is 0 Å². The number of rotatable bonds is 2. The van der Waals surface area contributed by atoms with E-state index in [1.807, 2.05) is 0 Å². The zero-order valence-corrected chi connectivity index (χ0v) is 7.68. The molecular weight excluding hydrogens is 196 g/mol. The van der Waals surface area contributed by atoms with E-state index >= 15 is 0 Å². The zero-order valence-electron chi connectivity index (χ0n) is 7.68. The molecule has 0 unspecified atom stereocenters. The minimum atomic E-state index is -0.309. The third-order valence-electron chi connectivity index (χ3n) is 1.71. The van der Waals surface area contributed by atoms with Crippen molar-refractivity contribution >= 4 is 17.5 Å². The van der Waals surface area contributed by atoms with Gasteiger partial charge in [-0.15, -0.1) is 0 Å². The SMILES string of the molecule is Nc1ncc(C(=O)Nc2ccoc2)cn1. The quantitative estimate of drug-likeness (QED) is 0.758. The largest absolute Gasteiger partial charge is 0.470 e. The lowest BCUT2D eigenvalue weighted by Crippen LogP contribution is -2.12. The first-order chi connectivity index (χ1) is 7.25. The van der Waals surface area contributed by atoms with Crippen molar-refractivity contribution in [2.24, 2.45) is 0 Å². The van der Waals surface area contributed by atoms with Gasteiger partial charge in [0.15, 0.2) is 0 Å². The highest BCUT2D eigenvalue weighted by Crippen LogP contribution is 2.08. The maximum absolute atomic E-state index is 11.5. The van der Waals surface area contributed by atoms with Crippen molar-refractivity contribution in [2.75, 3.05) is 11.1 Å². The van der Waals surface area contributed by atoms with E-state index in [9.17, 15) is 4.79 Å². The van der Waals surface area contributed by atoms with E-state index in [0.717, 1.165) is 0 Å². The van der Waals surface area contributed by atoms with E-state index in [-0.39, 0.29) is 11.9 Å². The summed E-state index contributed by atoms with van der Waals surface area (Å²) in [6.45, 7) is 0. The lowest BCUT2D eigenvalue weighted by atomic mass is 10.3. The molecule has 0 radical (unpaired) electrons. The van der Waals surface area contributed by atoms with Gasteiger partial charge in [-0.3, -0.25) is 4.79 Å². The van der Waals surface area contributed by atoms with Crippen LogP contribution in [-0.2, 0) is 0 Å². The number of carbonyl (C=O) groups is 1. The Kier molecular flexibility index (Phi) is 2.32. The van der Waals surface area contributed by atoms with Crippen molar-refractivity contribution in [2.45, 2.75) is 0 Å². The molecule has 0 atom stereocenters. The third kappa shape index (κ3) is 2.11. The minimum absolute atomic E-state index is 0.134. The van der Waals surface area contributed by atoms with Crippen LogP contribution < -0.4 is 11.1 Å². The molecule has 0 aromatic carbocycles. The molecule has 0 fully saturated rings. The van der Waals surface area contributed by atoms with Crippen LogP contribution in [0.25, 0.3) is 0 Å². The first-order valence-electron chi connectivity index (χ1n) is 4.17. The van der Waals surface area contributed by atoms with E-state index in [1.54, 1.807) is 6.07 Å². The number of aromatic nitrogens is 2. The summed E-state index contributed by atoms with van der Waals surface area (Å²) in [7, 11) is 0. The van der Waals surface area contributed by atoms with Gasteiger partial charge in [0, 0.05) is 12.4 Å². The first-order valence-corrected chi connectivity index (χ1v) is 4.17. The van der Waals surface area contributed by atoms with Gasteiger partial charge in [-0.2, -0.15) is 0 Å². The highest BCUT2D eigenvalue weighted by Gasteiger charge is 2.07. The Labute approximate surface area is 85.1 Å². The summed E-state index contributed by atoms with van der Waals surface area (Å²) in [5, 5.41) is 2.60. The normalized spacial score (nSPS) is 9.87. The summed E-state index contributed by atoms with van der Waals surface area (Å²) >= 11 is 0. The zero-order chi connectivity index (χ0) is 10.7. The van der Waals surface area contributed by atoms with E-state index in [1.165, 1.54) is 24.9 Å². The number of carbonyl (C=O) groups excluding carboxylic acids is 1. The molecule has 6 nitrogen and oxygen atoms in total. The topological polar surface area (TPSA) is 94.0 Å². The van der Waals surface area contributed by atoms with Crippen molar-refractivity contribution in [1.82, 2.24) is 9.97 Å². The van der Waals surface area contributed by atoms with Gasteiger partial charge < -0.3 is 15.5 Å². The lowest BCUT2D eigenvalue weighted by Gasteiger charge is -2.00. The average Bonchev–Trinajstić information content (AvgIpc) is 2.71. The van der Waals surface area contributed by atoms with Crippen LogP contribution >= 0.6 is 0 Å². The Bertz CT molecular complexity index is 449. The van der Waals surface area contributed by atoms with Gasteiger partial charge in [0.1, 0.15) is 6.26 Å². The van der Waals surface area contributed by atoms with Crippen LogP contribution in [0, 0.1) is 0 Å². The third-order valence-corrected chi connectivity index (χ3v) is 1.71. The second-order valence-corrected chi connectivity index (χ2v) is 2.80. The molecule has 6 heteroatoms. The maximum Gasteiger partial charge on any atom is 0.258 e. The molecule has 15 heavy (non-hydrogen) atoms. The number of anilines is 2. The van der Waals surface area contributed by atoms with Crippen molar-refractivity contribution < 1.29 is 9.21 Å². The summed E-state index contributed by atoms with van der Waals surface area (Å²) in [5.74, 6) is -0.175. The molecule has 3 N–H and O–H groups in total. The van der Waals surface area contributed by atoms with Crippen LogP contribution in [0.15, 0.2) is 35.4 Å². The Balaban J connectivity index is 2.11. The van der Waals surface area contributed by atoms with Crippen LogP contribution in [0.1, 0.15) is 10.4 Å². The molecule has 2 aromatic rings.